The molecule has 20 heteroatoms. The first-order chi connectivity index (χ1) is 30.2. The molecule has 6 aromatic rings. The topological polar surface area (TPSA) is 253 Å². The van der Waals surface area contributed by atoms with Gasteiger partial charge in [-0.2, -0.15) is 0 Å². The number of Topliss-reactive ketones (excluding diaryl/α,β-unsaturated/α-hetero) is 1. The van der Waals surface area contributed by atoms with E-state index in [0.717, 1.165) is 17.5 Å². The van der Waals surface area contributed by atoms with E-state index in [-0.39, 0.29) is 53.9 Å². The number of carboxylic acids is 2. The average Bonchev–Trinajstić information content (AvgIpc) is 3.28. The number of carbonyl (C=O) groups is 5. The maximum atomic E-state index is 11.9. The fraction of sp³-hybridized carbons (Fsp3) is 0.205. The summed E-state index contributed by atoms with van der Waals surface area (Å²) in [6.07, 6.45) is 14.2. The van der Waals surface area contributed by atoms with E-state index in [1.807, 2.05) is 97.9 Å². The summed E-state index contributed by atoms with van der Waals surface area (Å²) in [4.78, 5) is 78.1. The molecule has 0 spiro atoms. The summed E-state index contributed by atoms with van der Waals surface area (Å²) < 4.78 is 0. The molecule has 6 N–H and O–H groups in total. The summed E-state index contributed by atoms with van der Waals surface area (Å²) in [5, 5.41) is 22.8. The number of ketones is 1. The van der Waals surface area contributed by atoms with Crippen molar-refractivity contribution in [3.8, 4) is 0 Å². The second-order valence-corrected chi connectivity index (χ2v) is 48.2. The summed E-state index contributed by atoms with van der Waals surface area (Å²) in [6.45, 7) is 3.49. The minimum atomic E-state index is -1.09. The molecule has 6 rings (SSSR count). The summed E-state index contributed by atoms with van der Waals surface area (Å²) >= 11 is 7.39. The van der Waals surface area contributed by atoms with Gasteiger partial charge in [0.15, 0.2) is 5.69 Å². The quantitative estimate of drug-likeness (QED) is 0.0710. The molecular weight excluding hydrogens is 1200 g/mol. The maximum absolute atomic E-state index is 11.9. The van der Waals surface area contributed by atoms with Gasteiger partial charge in [0.25, 0.3) is 11.8 Å². The number of nitrogens with two attached hydrogens (primary N) is 1. The van der Waals surface area contributed by atoms with Crippen LogP contribution in [0, 0.1) is 0 Å². The summed E-state index contributed by atoms with van der Waals surface area (Å²) in [6, 6.07) is 27.6. The van der Waals surface area contributed by atoms with Crippen LogP contribution < -0.4 is 16.4 Å². The van der Waals surface area contributed by atoms with E-state index in [1.54, 1.807) is 6.20 Å². The minimum absolute atomic E-state index is 0. The summed E-state index contributed by atoms with van der Waals surface area (Å²) in [7, 11) is 0. The molecule has 0 aliphatic heterocycles. The van der Waals surface area contributed by atoms with Gasteiger partial charge in [-0.3, -0.25) is 29.3 Å². The number of amides is 2. The number of hydrogen-bond acceptors (Lipinski definition) is 12. The molecule has 0 saturated carbocycles. The number of benzene rings is 3. The van der Waals surface area contributed by atoms with Crippen LogP contribution in [-0.4, -0.2) is 87.8 Å². The Morgan fingerprint density at radius 3 is 1.28 bits per heavy atom. The number of halogens is 3. The molecule has 2 amide bonds. The standard InChI is InChI=1S/C14H13N3O3.C14H15N3O.C10H13NO.C5H4N2O2.CH4.3HI.V/c18-13(12-9-15-6-7-16-12)17-11(14(19)20)8-10-4-2-1-3-5-10;1-11(9-12-5-3-2-4-6-12)17-14(18)13-10-15-7-8-16-13;1-8(12)10(11)7-9-5-3-2-4-6-9;8-5(9)4-3-6-1-2-7-4;;;;;/h1-7,9,11H,8H2,(H,17,18)(H,19,20);2-8,10-11H,9H2,1H3,(H,17,18);2-6,10H,7,11H2,1H3;1-3H,(H,8,9);1H4;3*1H;/q;;;;;;;;+3/p-3/t2*11-;;;;;;;/m01......./s1. The molecule has 0 aliphatic rings. The zero-order valence-corrected chi connectivity index (χ0v) is 41.9. The molecule has 1 unspecified atom stereocenters. The van der Waals surface area contributed by atoms with Gasteiger partial charge in [0, 0.05) is 49.6 Å². The molecule has 0 saturated heterocycles. The van der Waals surface area contributed by atoms with Crippen LogP contribution in [0.5, 0.6) is 0 Å². The first-order valence-electron chi connectivity index (χ1n) is 18.7. The van der Waals surface area contributed by atoms with E-state index in [1.165, 1.54) is 62.1 Å². The zero-order valence-electron chi connectivity index (χ0n) is 34.0. The van der Waals surface area contributed by atoms with Crippen LogP contribution in [0.1, 0.15) is 69.4 Å². The van der Waals surface area contributed by atoms with Crippen molar-refractivity contribution in [3.05, 3.63) is 181 Å². The molecule has 3 heterocycles. The predicted octanol–water partition coefficient (Wildman–Crippen LogP) is 7.35. The molecule has 0 fully saturated rings. The van der Waals surface area contributed by atoms with Crippen LogP contribution in [0.15, 0.2) is 147 Å². The third-order valence-electron chi connectivity index (χ3n) is 7.84. The second-order valence-electron chi connectivity index (χ2n) is 12.8. The van der Waals surface area contributed by atoms with Gasteiger partial charge in [0.05, 0.1) is 24.6 Å². The predicted molar refractivity (Wildman–Crippen MR) is 267 cm³/mol. The van der Waals surface area contributed by atoms with Crippen molar-refractivity contribution in [2.45, 2.75) is 58.7 Å². The third kappa shape index (κ3) is 26.1. The van der Waals surface area contributed by atoms with E-state index in [2.05, 4.69) is 100 Å². The molecule has 3 aromatic carbocycles. The molecule has 0 aliphatic carbocycles. The Morgan fingerprint density at radius 2 is 0.953 bits per heavy atom. The molecule has 16 nitrogen and oxygen atoms in total. The number of rotatable bonds is 13. The molecule has 0 radical (unpaired) electrons. The van der Waals surface area contributed by atoms with Crippen LogP contribution in [-0.2, 0) is 33.8 Å². The van der Waals surface area contributed by atoms with Crippen molar-refractivity contribution >= 4 is 89.5 Å². The molecule has 338 valence electrons. The summed E-state index contributed by atoms with van der Waals surface area (Å²) in [5.41, 5.74) is 9.15. The Bertz CT molecular complexity index is 2230. The van der Waals surface area contributed by atoms with Crippen molar-refractivity contribution in [1.82, 2.24) is 40.5 Å². The van der Waals surface area contributed by atoms with Crippen LogP contribution in [0.2, 0.25) is 0 Å². The van der Waals surface area contributed by atoms with Gasteiger partial charge in [0.2, 0.25) is 0 Å². The number of aliphatic carboxylic acids is 1. The van der Waals surface area contributed by atoms with E-state index >= 15 is 0 Å². The average molecular weight is 1250 g/mol. The van der Waals surface area contributed by atoms with E-state index in [0.29, 0.717) is 12.1 Å². The number of carboxylic acid groups (broad SMARTS) is 2. The first kappa shape index (κ1) is 57.2. The second kappa shape index (κ2) is 33.7. The van der Waals surface area contributed by atoms with Crippen molar-refractivity contribution in [2.75, 3.05) is 0 Å². The van der Waals surface area contributed by atoms with Crippen molar-refractivity contribution in [3.63, 3.8) is 0 Å². The Morgan fingerprint density at radius 1 is 0.594 bits per heavy atom. The normalized spacial score (nSPS) is 11.1. The Kier molecular flexibility index (Phi) is 30.1. The molecule has 0 bridgehead atoms. The van der Waals surface area contributed by atoms with Gasteiger partial charge in [-0.15, -0.1) is 0 Å². The van der Waals surface area contributed by atoms with Gasteiger partial charge < -0.3 is 26.6 Å². The van der Waals surface area contributed by atoms with E-state index in [4.69, 9.17) is 10.8 Å². The molecule has 3 aromatic heterocycles. The Balaban J connectivity index is 0.000000427. The summed E-state index contributed by atoms with van der Waals surface area (Å²) in [5.74, 6) is -2.85. The third-order valence-corrected chi connectivity index (χ3v) is 7.84. The van der Waals surface area contributed by atoms with Crippen LogP contribution in [0.4, 0.5) is 0 Å². The van der Waals surface area contributed by atoms with Crippen molar-refractivity contribution in [1.29, 1.82) is 0 Å². The number of carbonyl (C=O) groups excluding carboxylic acids is 3. The van der Waals surface area contributed by atoms with E-state index in [9.17, 15) is 29.1 Å². The number of aromatic carboxylic acids is 1. The number of hydrogen-bond donors (Lipinski definition) is 5. The van der Waals surface area contributed by atoms with Crippen LogP contribution in [0.25, 0.3) is 0 Å². The van der Waals surface area contributed by atoms with Gasteiger partial charge in [-0.25, -0.2) is 24.5 Å². The Labute approximate surface area is 410 Å². The van der Waals surface area contributed by atoms with Gasteiger partial charge in [0.1, 0.15) is 23.2 Å². The van der Waals surface area contributed by atoms with Gasteiger partial charge >= 0.3 is 76.8 Å². The number of nitrogens with one attached hydrogen (secondary N) is 2. The number of nitrogens with zero attached hydrogens (tertiary/aromatic N) is 6. The van der Waals surface area contributed by atoms with Gasteiger partial charge in [-0.1, -0.05) is 98.4 Å². The van der Waals surface area contributed by atoms with Crippen LogP contribution >= 0.6 is 59.9 Å². The fourth-order valence-corrected chi connectivity index (χ4v) is 4.85. The van der Waals surface area contributed by atoms with Crippen LogP contribution in [0.3, 0.4) is 0 Å². The fourth-order valence-electron chi connectivity index (χ4n) is 4.85. The first-order valence-corrected chi connectivity index (χ1v) is 32.2. The number of aromatic nitrogens is 6. The molecule has 3 atom stereocenters. The Hall–Kier alpha value is -4.82. The van der Waals surface area contributed by atoms with E-state index < -0.39 is 23.9 Å². The SMILES string of the molecule is C.CC(=O)C(N)Cc1ccccc1.C[C@H](Cc1ccccc1)NC(=O)c1cnccn1.O=C(N[C@@H](Cc1ccccc1)C(=O)O)c1cnccn1.O=C(O)c1cnccn1.[I][V]([I])[I]. The van der Waals surface area contributed by atoms with Crippen molar-refractivity contribution < 1.29 is 39.1 Å². The molecule has 64 heavy (non-hydrogen) atoms. The van der Waals surface area contributed by atoms with Crippen molar-refractivity contribution in [2.24, 2.45) is 5.73 Å². The zero-order chi connectivity index (χ0) is 46.4. The van der Waals surface area contributed by atoms with Gasteiger partial charge in [-0.05, 0) is 43.4 Å². The molecular formula is C44H49I3N9O7V. The monoisotopic (exact) mass is 1250 g/mol.